The van der Waals surface area contributed by atoms with Crippen LogP contribution in [0, 0.1) is 17.0 Å². The second-order valence-corrected chi connectivity index (χ2v) is 3.69. The third-order valence-corrected chi connectivity index (χ3v) is 2.43. The number of hydrogen-bond acceptors (Lipinski definition) is 5. The highest BCUT2D eigenvalue weighted by molar-refractivity contribution is 5.81. The number of aldehydes is 1. The molecule has 0 radical (unpaired) electrons. The summed E-state index contributed by atoms with van der Waals surface area (Å²) < 4.78 is 4.73. The molecule has 0 aliphatic rings. The summed E-state index contributed by atoms with van der Waals surface area (Å²) in [5.74, 6) is -0.554. The molecule has 1 aromatic carbocycles. The van der Waals surface area contributed by atoms with Crippen molar-refractivity contribution in [3.05, 3.63) is 38.9 Å². The molecule has 1 aromatic rings. The minimum absolute atomic E-state index is 0.175. The monoisotopic (exact) mass is 251 g/mol. The Morgan fingerprint density at radius 3 is 2.67 bits per heavy atom. The van der Waals surface area contributed by atoms with Crippen LogP contribution < -0.4 is 0 Å². The Hall–Kier alpha value is -2.24. The van der Waals surface area contributed by atoms with Crippen molar-refractivity contribution in [2.75, 3.05) is 6.61 Å². The molecule has 0 spiro atoms. The van der Waals surface area contributed by atoms with Crippen molar-refractivity contribution >= 4 is 17.9 Å². The van der Waals surface area contributed by atoms with Crippen LogP contribution in [-0.4, -0.2) is 23.8 Å². The fraction of sp³-hybridized carbons (Fsp3) is 0.333. The zero-order valence-electron chi connectivity index (χ0n) is 10.1. The number of rotatable bonds is 5. The van der Waals surface area contributed by atoms with Gasteiger partial charge in [-0.15, -0.1) is 0 Å². The van der Waals surface area contributed by atoms with E-state index >= 15 is 0 Å². The van der Waals surface area contributed by atoms with Crippen molar-refractivity contribution < 1.29 is 19.2 Å². The summed E-state index contributed by atoms with van der Waals surface area (Å²) in [4.78, 5) is 32.4. The smallest absolute Gasteiger partial charge is 0.310 e. The van der Waals surface area contributed by atoms with Crippen molar-refractivity contribution in [1.82, 2.24) is 0 Å². The van der Waals surface area contributed by atoms with Gasteiger partial charge in [-0.25, -0.2) is 0 Å². The first-order valence-electron chi connectivity index (χ1n) is 5.38. The molecule has 0 saturated carbocycles. The number of nitro benzene ring substituents is 1. The van der Waals surface area contributed by atoms with E-state index in [1.165, 1.54) is 12.1 Å². The fourth-order valence-corrected chi connectivity index (χ4v) is 1.56. The number of aryl methyl sites for hydroxylation is 1. The van der Waals surface area contributed by atoms with Crippen LogP contribution in [0.2, 0.25) is 0 Å². The van der Waals surface area contributed by atoms with Crippen LogP contribution in [-0.2, 0) is 16.0 Å². The van der Waals surface area contributed by atoms with Gasteiger partial charge in [0.15, 0.2) is 0 Å². The zero-order valence-corrected chi connectivity index (χ0v) is 10.1. The Morgan fingerprint density at radius 1 is 1.50 bits per heavy atom. The lowest BCUT2D eigenvalue weighted by Crippen LogP contribution is -2.10. The molecule has 0 fully saturated rings. The predicted octanol–water partition coefficient (Wildman–Crippen LogP) is 1.82. The second kappa shape index (κ2) is 5.90. The zero-order chi connectivity index (χ0) is 13.7. The fourth-order valence-electron chi connectivity index (χ4n) is 1.56. The molecule has 0 N–H and O–H groups in total. The lowest BCUT2D eigenvalue weighted by atomic mass is 10.0. The maximum atomic E-state index is 11.3. The molecule has 0 heterocycles. The standard InChI is InChI=1S/C12H13NO5/c1-3-18-12(15)6-9-5-10(7-14)8(2)4-11(9)13(16)17/h4-5,7H,3,6H2,1-2H3. The molecule has 0 amide bonds. The van der Waals surface area contributed by atoms with Crippen LogP contribution in [0.3, 0.4) is 0 Å². The molecular formula is C12H13NO5. The topological polar surface area (TPSA) is 86.5 Å². The van der Waals surface area contributed by atoms with Crippen molar-refractivity contribution in [2.45, 2.75) is 20.3 Å². The molecule has 0 aliphatic carbocycles. The maximum absolute atomic E-state index is 11.3. The maximum Gasteiger partial charge on any atom is 0.310 e. The first kappa shape index (κ1) is 13.8. The quantitative estimate of drug-likeness (QED) is 0.345. The number of ether oxygens (including phenoxy) is 1. The Balaban J connectivity index is 3.18. The van der Waals surface area contributed by atoms with E-state index in [-0.39, 0.29) is 24.3 Å². The van der Waals surface area contributed by atoms with Gasteiger partial charge >= 0.3 is 5.97 Å². The van der Waals surface area contributed by atoms with E-state index < -0.39 is 10.9 Å². The lowest BCUT2D eigenvalue weighted by Gasteiger charge is -2.06. The molecule has 96 valence electrons. The van der Waals surface area contributed by atoms with Gasteiger partial charge < -0.3 is 4.74 Å². The van der Waals surface area contributed by atoms with E-state index in [4.69, 9.17) is 4.74 Å². The van der Waals surface area contributed by atoms with Crippen molar-refractivity contribution in [1.29, 1.82) is 0 Å². The van der Waals surface area contributed by atoms with Crippen LogP contribution in [0.1, 0.15) is 28.4 Å². The molecule has 0 aliphatic heterocycles. The van der Waals surface area contributed by atoms with E-state index in [0.717, 1.165) is 0 Å². The number of nitro groups is 1. The van der Waals surface area contributed by atoms with E-state index in [1.54, 1.807) is 13.8 Å². The first-order chi connectivity index (χ1) is 8.49. The summed E-state index contributed by atoms with van der Waals surface area (Å²) in [5.41, 5.74) is 0.849. The molecule has 0 aromatic heterocycles. The summed E-state index contributed by atoms with van der Waals surface area (Å²) in [5, 5.41) is 10.9. The summed E-state index contributed by atoms with van der Waals surface area (Å²) >= 11 is 0. The van der Waals surface area contributed by atoms with E-state index in [1.807, 2.05) is 0 Å². The average molecular weight is 251 g/mol. The minimum Gasteiger partial charge on any atom is -0.466 e. The van der Waals surface area contributed by atoms with Gasteiger partial charge in [0.1, 0.15) is 6.29 Å². The van der Waals surface area contributed by atoms with Crippen molar-refractivity contribution in [3.8, 4) is 0 Å². The van der Waals surface area contributed by atoms with Crippen LogP contribution in [0.25, 0.3) is 0 Å². The highest BCUT2D eigenvalue weighted by Crippen LogP contribution is 2.23. The molecule has 6 nitrogen and oxygen atoms in total. The largest absolute Gasteiger partial charge is 0.466 e. The van der Waals surface area contributed by atoms with E-state index in [9.17, 15) is 19.7 Å². The Kier molecular flexibility index (Phi) is 4.53. The third-order valence-electron chi connectivity index (χ3n) is 2.43. The second-order valence-electron chi connectivity index (χ2n) is 3.69. The lowest BCUT2D eigenvalue weighted by molar-refractivity contribution is -0.385. The van der Waals surface area contributed by atoms with Crippen LogP contribution in [0.15, 0.2) is 12.1 Å². The summed E-state index contributed by atoms with van der Waals surface area (Å²) in [6, 6.07) is 2.65. The molecule has 0 bridgehead atoms. The van der Waals surface area contributed by atoms with E-state index in [2.05, 4.69) is 0 Å². The number of nitrogens with zero attached hydrogens (tertiary/aromatic N) is 1. The predicted molar refractivity (Wildman–Crippen MR) is 63.6 cm³/mol. The molecule has 0 atom stereocenters. The summed E-state index contributed by atoms with van der Waals surface area (Å²) in [6.07, 6.45) is 0.388. The van der Waals surface area contributed by atoms with Crippen molar-refractivity contribution in [3.63, 3.8) is 0 Å². The molecule has 1 rings (SSSR count). The van der Waals surface area contributed by atoms with Crippen LogP contribution in [0.5, 0.6) is 0 Å². The number of hydrogen-bond donors (Lipinski definition) is 0. The minimum atomic E-state index is -0.573. The van der Waals surface area contributed by atoms with Crippen LogP contribution in [0.4, 0.5) is 5.69 Å². The number of carbonyl (C=O) groups is 2. The Morgan fingerprint density at radius 2 is 2.17 bits per heavy atom. The normalized spacial score (nSPS) is 9.89. The Bertz CT molecular complexity index is 495. The third kappa shape index (κ3) is 3.13. The highest BCUT2D eigenvalue weighted by Gasteiger charge is 2.19. The van der Waals surface area contributed by atoms with Gasteiger partial charge in [0.25, 0.3) is 5.69 Å². The molecule has 0 unspecified atom stereocenters. The van der Waals surface area contributed by atoms with Gasteiger partial charge in [0, 0.05) is 17.2 Å². The summed E-state index contributed by atoms with van der Waals surface area (Å²) in [6.45, 7) is 3.46. The SMILES string of the molecule is CCOC(=O)Cc1cc(C=O)c(C)cc1[N+](=O)[O-]. The number of carbonyl (C=O) groups excluding carboxylic acids is 2. The molecule has 6 heteroatoms. The number of esters is 1. The van der Waals surface area contributed by atoms with Gasteiger partial charge in [-0.2, -0.15) is 0 Å². The van der Waals surface area contributed by atoms with Gasteiger partial charge in [0.05, 0.1) is 18.0 Å². The Labute approximate surface area is 104 Å². The van der Waals surface area contributed by atoms with E-state index in [0.29, 0.717) is 17.4 Å². The molecule has 18 heavy (non-hydrogen) atoms. The highest BCUT2D eigenvalue weighted by atomic mass is 16.6. The first-order valence-corrected chi connectivity index (χ1v) is 5.38. The van der Waals surface area contributed by atoms with Gasteiger partial charge in [-0.05, 0) is 25.5 Å². The van der Waals surface area contributed by atoms with Crippen molar-refractivity contribution in [2.24, 2.45) is 0 Å². The number of benzene rings is 1. The average Bonchev–Trinajstić information content (AvgIpc) is 2.30. The molecule has 0 saturated heterocycles. The van der Waals surface area contributed by atoms with Gasteiger partial charge in [-0.1, -0.05) is 0 Å². The van der Waals surface area contributed by atoms with Gasteiger partial charge in [-0.3, -0.25) is 19.7 Å². The molecular weight excluding hydrogens is 238 g/mol. The van der Waals surface area contributed by atoms with Gasteiger partial charge in [0.2, 0.25) is 0 Å². The summed E-state index contributed by atoms with van der Waals surface area (Å²) in [7, 11) is 0. The van der Waals surface area contributed by atoms with Crippen LogP contribution >= 0.6 is 0 Å².